The summed E-state index contributed by atoms with van der Waals surface area (Å²) in [5.41, 5.74) is -1.93. The third-order valence-corrected chi connectivity index (χ3v) is 5.68. The van der Waals surface area contributed by atoms with Gasteiger partial charge in [-0.05, 0) is 56.2 Å². The lowest BCUT2D eigenvalue weighted by Crippen LogP contribution is -2.56. The second-order valence-corrected chi connectivity index (χ2v) is 7.19. The molecule has 2 atom stereocenters. The number of aliphatic hydroxyl groups is 3. The average Bonchev–Trinajstić information content (AvgIpc) is 2.78. The summed E-state index contributed by atoms with van der Waals surface area (Å²) in [7, 11) is 1.95. The molecule has 0 saturated heterocycles. The molecule has 6 nitrogen and oxygen atoms in total. The lowest BCUT2D eigenvalue weighted by molar-refractivity contribution is -0.164. The van der Waals surface area contributed by atoms with Crippen LogP contribution in [0.1, 0.15) is 31.9 Å². The molecule has 0 heterocycles. The first-order chi connectivity index (χ1) is 13.8. The Labute approximate surface area is 173 Å². The molecule has 3 N–H and O–H groups in total. The summed E-state index contributed by atoms with van der Waals surface area (Å²) in [5, 5.41) is 32.3. The van der Waals surface area contributed by atoms with E-state index in [-0.39, 0.29) is 6.29 Å². The fourth-order valence-electron chi connectivity index (χ4n) is 3.55. The minimum Gasteiger partial charge on any atom is -0.393 e. The minimum atomic E-state index is -2.39. The van der Waals surface area contributed by atoms with E-state index >= 15 is 0 Å². The van der Waals surface area contributed by atoms with Gasteiger partial charge in [-0.25, -0.2) is 0 Å². The lowest BCUT2D eigenvalue weighted by atomic mass is 9.73. The highest BCUT2D eigenvalue weighted by Crippen LogP contribution is 2.40. The van der Waals surface area contributed by atoms with Crippen LogP contribution in [0.25, 0.3) is 0 Å². The van der Waals surface area contributed by atoms with Crippen molar-refractivity contribution in [1.29, 1.82) is 0 Å². The van der Waals surface area contributed by atoms with Crippen molar-refractivity contribution < 1.29 is 20.1 Å². The number of carbonyl (C=O) groups is 1. The highest BCUT2D eigenvalue weighted by atomic mass is 16.4. The molecule has 0 amide bonds. The number of benzene rings is 2. The van der Waals surface area contributed by atoms with Gasteiger partial charge < -0.3 is 25.1 Å². The van der Waals surface area contributed by atoms with Crippen LogP contribution in [0.3, 0.4) is 0 Å². The van der Waals surface area contributed by atoms with Crippen molar-refractivity contribution in [2.24, 2.45) is 0 Å². The summed E-state index contributed by atoms with van der Waals surface area (Å²) in [6.45, 7) is 7.70. The van der Waals surface area contributed by atoms with Gasteiger partial charge in [0.15, 0.2) is 17.5 Å². The zero-order valence-electron chi connectivity index (χ0n) is 17.7. The number of rotatable bonds is 10. The predicted molar refractivity (Wildman–Crippen MR) is 116 cm³/mol. The van der Waals surface area contributed by atoms with Gasteiger partial charge in [-0.2, -0.15) is 0 Å². The largest absolute Gasteiger partial charge is 0.393 e. The molecule has 2 unspecified atom stereocenters. The fourth-order valence-corrected chi connectivity index (χ4v) is 3.55. The van der Waals surface area contributed by atoms with Gasteiger partial charge in [0.05, 0.1) is 6.61 Å². The topological polar surface area (TPSA) is 84.2 Å². The highest BCUT2D eigenvalue weighted by molar-refractivity contribution is 5.69. The number of hydrogen-bond acceptors (Lipinski definition) is 6. The Morgan fingerprint density at radius 1 is 0.828 bits per heavy atom. The summed E-state index contributed by atoms with van der Waals surface area (Å²) in [4.78, 5) is 15.9. The lowest BCUT2D eigenvalue weighted by Gasteiger charge is -2.40. The van der Waals surface area contributed by atoms with Gasteiger partial charge in [-0.1, -0.05) is 24.3 Å². The number of aliphatic hydroxyl groups excluding tert-OH is 1. The van der Waals surface area contributed by atoms with Crippen LogP contribution in [-0.4, -0.2) is 60.5 Å². The van der Waals surface area contributed by atoms with E-state index in [1.165, 1.54) is 0 Å². The van der Waals surface area contributed by atoms with Crippen molar-refractivity contribution >= 4 is 17.7 Å². The second kappa shape index (κ2) is 9.39. The smallest absolute Gasteiger partial charge is 0.180 e. The van der Waals surface area contributed by atoms with Gasteiger partial charge >= 0.3 is 0 Å². The first-order valence-electron chi connectivity index (χ1n) is 10.00. The monoisotopic (exact) mass is 400 g/mol. The Morgan fingerprint density at radius 2 is 1.28 bits per heavy atom. The molecule has 0 fully saturated rings. The fraction of sp³-hybridized carbons (Fsp3) is 0.435. The summed E-state index contributed by atoms with van der Waals surface area (Å²) < 4.78 is 0. The molecule has 0 aliphatic heterocycles. The van der Waals surface area contributed by atoms with E-state index in [9.17, 15) is 20.1 Å². The molecule has 0 aliphatic carbocycles. The summed E-state index contributed by atoms with van der Waals surface area (Å²) in [6.07, 6.45) is 0.206. The zero-order chi connectivity index (χ0) is 21.7. The Bertz CT molecular complexity index is 790. The molecule has 0 saturated carbocycles. The van der Waals surface area contributed by atoms with Crippen LogP contribution in [0.4, 0.5) is 11.4 Å². The normalized spacial score (nSPS) is 15.3. The van der Waals surface area contributed by atoms with Gasteiger partial charge in [-0.3, -0.25) is 4.79 Å². The van der Waals surface area contributed by atoms with Crippen molar-refractivity contribution in [1.82, 2.24) is 0 Å². The molecule has 0 aliphatic rings. The molecule has 2 rings (SSSR count). The van der Waals surface area contributed by atoms with Crippen molar-refractivity contribution in [3.05, 3.63) is 59.7 Å². The van der Waals surface area contributed by atoms with E-state index < -0.39 is 17.8 Å². The van der Waals surface area contributed by atoms with Gasteiger partial charge in [0, 0.05) is 38.1 Å². The number of nitrogens with zero attached hydrogens (tertiary/aromatic N) is 2. The molecule has 158 valence electrons. The molecule has 6 heteroatoms. The average molecular weight is 401 g/mol. The van der Waals surface area contributed by atoms with Crippen LogP contribution in [0.5, 0.6) is 0 Å². The quantitative estimate of drug-likeness (QED) is 0.530. The van der Waals surface area contributed by atoms with E-state index in [1.807, 2.05) is 43.1 Å². The number of hydrogen-bond donors (Lipinski definition) is 3. The maximum absolute atomic E-state index is 11.8. The number of carbonyl (C=O) groups excluding carboxylic acids is 1. The predicted octanol–water partition coefficient (Wildman–Crippen LogP) is 2.15. The number of anilines is 2. The Hall–Kier alpha value is -2.41. The van der Waals surface area contributed by atoms with Gasteiger partial charge in [-0.15, -0.1) is 0 Å². The van der Waals surface area contributed by atoms with Crippen molar-refractivity contribution in [2.75, 3.05) is 43.1 Å². The summed E-state index contributed by atoms with van der Waals surface area (Å²) >= 11 is 0. The van der Waals surface area contributed by atoms with Gasteiger partial charge in [0.25, 0.3) is 0 Å². The maximum Gasteiger partial charge on any atom is 0.180 e. The molecule has 0 spiro atoms. The third-order valence-electron chi connectivity index (χ3n) is 5.68. The summed E-state index contributed by atoms with van der Waals surface area (Å²) in [6, 6.07) is 14.0. The molecule has 2 aromatic rings. The van der Waals surface area contributed by atoms with Crippen LogP contribution in [0, 0.1) is 0 Å². The third kappa shape index (κ3) is 4.15. The Balaban J connectivity index is 2.59. The van der Waals surface area contributed by atoms with Crippen molar-refractivity contribution in [2.45, 2.75) is 32.0 Å². The molecular formula is C23H32N2O4. The van der Waals surface area contributed by atoms with Crippen molar-refractivity contribution in [3.8, 4) is 0 Å². The first kappa shape index (κ1) is 22.9. The Morgan fingerprint density at radius 3 is 1.62 bits per heavy atom. The highest BCUT2D eigenvalue weighted by Gasteiger charge is 2.52. The minimum absolute atomic E-state index is 0.206. The van der Waals surface area contributed by atoms with Crippen molar-refractivity contribution in [3.63, 3.8) is 0 Å². The van der Waals surface area contributed by atoms with Crippen LogP contribution < -0.4 is 9.80 Å². The van der Waals surface area contributed by atoms with E-state index in [0.29, 0.717) is 11.1 Å². The van der Waals surface area contributed by atoms with E-state index in [1.54, 1.807) is 24.3 Å². The van der Waals surface area contributed by atoms with Crippen LogP contribution in [-0.2, 0) is 10.4 Å². The van der Waals surface area contributed by atoms with Crippen LogP contribution in [0.15, 0.2) is 48.5 Å². The molecule has 29 heavy (non-hydrogen) atoms. The SMILES string of the molecule is CCN(C)c1ccc(C(O)(c2ccc(N(CC)CC)cc2)C(O)(C=O)CO)cc1. The number of aldehydes is 1. The molecule has 0 radical (unpaired) electrons. The van der Waals surface area contributed by atoms with Crippen LogP contribution in [0.2, 0.25) is 0 Å². The van der Waals surface area contributed by atoms with E-state index in [2.05, 4.69) is 18.7 Å². The molecule has 2 aromatic carbocycles. The standard InChI is InChI=1S/C23H32N2O4/c1-5-24(4)20-12-8-18(9-13-20)23(29,22(28,16-26)17-27)19-10-14-21(15-11-19)25(6-2)7-3/h8-16,27-29H,5-7,17H2,1-4H3. The maximum atomic E-state index is 11.8. The van der Waals surface area contributed by atoms with E-state index in [0.717, 1.165) is 31.0 Å². The van der Waals surface area contributed by atoms with Gasteiger partial charge in [0.2, 0.25) is 0 Å². The zero-order valence-corrected chi connectivity index (χ0v) is 17.7. The van der Waals surface area contributed by atoms with Crippen LogP contribution >= 0.6 is 0 Å². The summed E-state index contributed by atoms with van der Waals surface area (Å²) in [5.74, 6) is 0. The molecule has 0 bridgehead atoms. The second-order valence-electron chi connectivity index (χ2n) is 7.19. The Kier molecular flexibility index (Phi) is 7.41. The molecular weight excluding hydrogens is 368 g/mol. The van der Waals surface area contributed by atoms with Gasteiger partial charge in [0.1, 0.15) is 0 Å². The first-order valence-corrected chi connectivity index (χ1v) is 10.00. The van der Waals surface area contributed by atoms with E-state index in [4.69, 9.17) is 0 Å². The molecule has 0 aromatic heterocycles.